The lowest BCUT2D eigenvalue weighted by atomic mass is 10.0. The summed E-state index contributed by atoms with van der Waals surface area (Å²) in [5.74, 6) is -0.793. The van der Waals surface area contributed by atoms with Gasteiger partial charge in [-0.25, -0.2) is 9.69 Å². The zero-order chi connectivity index (χ0) is 26.9. The number of hydrogen-bond acceptors (Lipinski definition) is 7. The number of nitrogens with one attached hydrogen (secondary N) is 1. The molecule has 1 aromatic heterocycles. The molecule has 2 aromatic rings. The molecular weight excluding hydrogens is 460 g/mol. The zero-order valence-corrected chi connectivity index (χ0v) is 21.7. The number of carbonyl (C=O) groups excluding carboxylic acids is 3. The number of imide groups is 1. The highest BCUT2D eigenvalue weighted by Crippen LogP contribution is 2.18. The van der Waals surface area contributed by atoms with Gasteiger partial charge in [0.05, 0.1) is 30.8 Å². The Hall–Kier alpha value is -3.30. The van der Waals surface area contributed by atoms with Gasteiger partial charge in [-0.05, 0) is 56.9 Å². The smallest absolute Gasteiger partial charge is 0.417 e. The Morgan fingerprint density at radius 2 is 1.86 bits per heavy atom. The summed E-state index contributed by atoms with van der Waals surface area (Å²) in [4.78, 5) is 43.2. The molecule has 9 heteroatoms. The van der Waals surface area contributed by atoms with E-state index in [1.807, 2.05) is 56.3 Å². The Labute approximate surface area is 213 Å². The van der Waals surface area contributed by atoms with E-state index in [4.69, 9.17) is 10.5 Å². The van der Waals surface area contributed by atoms with Gasteiger partial charge in [-0.1, -0.05) is 38.1 Å². The van der Waals surface area contributed by atoms with Crippen molar-refractivity contribution in [1.82, 2.24) is 15.2 Å². The van der Waals surface area contributed by atoms with Crippen LogP contribution in [0.5, 0.6) is 0 Å². The Morgan fingerprint density at radius 3 is 2.47 bits per heavy atom. The Kier molecular flexibility index (Phi) is 10.6. The van der Waals surface area contributed by atoms with E-state index in [-0.39, 0.29) is 31.3 Å². The lowest BCUT2D eigenvalue weighted by Crippen LogP contribution is -2.52. The number of pyridine rings is 1. The standard InChI is InChI=1S/C27H38N4O5/c1-18(2)13-22(28)25(34)31(26(35)36-27(3,4)5)17-21(32)16-30-24(33)15-19-9-8-10-20(14-19)23-11-6-7-12-29-23/h6-12,14,18,21-22,32H,13,15-17,28H2,1-5H3,(H,30,33)/t21?,22-/m0/s1. The molecule has 0 bridgehead atoms. The van der Waals surface area contributed by atoms with Gasteiger partial charge < -0.3 is 20.9 Å². The average Bonchev–Trinajstić information content (AvgIpc) is 2.80. The molecule has 1 aromatic carbocycles. The van der Waals surface area contributed by atoms with Crippen molar-refractivity contribution >= 4 is 17.9 Å². The van der Waals surface area contributed by atoms with E-state index in [2.05, 4.69) is 10.3 Å². The van der Waals surface area contributed by atoms with Crippen LogP contribution < -0.4 is 11.1 Å². The molecule has 1 heterocycles. The SMILES string of the molecule is CC(C)C[C@H](N)C(=O)N(CC(O)CNC(=O)Cc1cccc(-c2ccccn2)c1)C(=O)OC(C)(C)C. The molecule has 36 heavy (non-hydrogen) atoms. The van der Waals surface area contributed by atoms with Crippen LogP contribution in [0.2, 0.25) is 0 Å². The number of nitrogens with two attached hydrogens (primary N) is 1. The van der Waals surface area contributed by atoms with Crippen molar-refractivity contribution in [2.45, 2.75) is 65.2 Å². The fourth-order valence-corrected chi connectivity index (χ4v) is 3.51. The molecule has 0 aliphatic heterocycles. The average molecular weight is 499 g/mol. The topological polar surface area (TPSA) is 135 Å². The number of aliphatic hydroxyl groups excluding tert-OH is 1. The van der Waals surface area contributed by atoms with Gasteiger partial charge >= 0.3 is 6.09 Å². The van der Waals surface area contributed by atoms with Crippen LogP contribution in [0.3, 0.4) is 0 Å². The summed E-state index contributed by atoms with van der Waals surface area (Å²) >= 11 is 0. The summed E-state index contributed by atoms with van der Waals surface area (Å²) in [5.41, 5.74) is 7.66. The number of rotatable bonds is 10. The molecule has 9 nitrogen and oxygen atoms in total. The number of aliphatic hydroxyl groups is 1. The van der Waals surface area contributed by atoms with E-state index >= 15 is 0 Å². The van der Waals surface area contributed by atoms with E-state index in [0.29, 0.717) is 6.42 Å². The second-order valence-corrected chi connectivity index (χ2v) is 10.2. The minimum Gasteiger partial charge on any atom is -0.443 e. The monoisotopic (exact) mass is 498 g/mol. The van der Waals surface area contributed by atoms with Crippen LogP contribution in [0.25, 0.3) is 11.3 Å². The lowest BCUT2D eigenvalue weighted by molar-refractivity contribution is -0.133. The number of carbonyl (C=O) groups is 3. The van der Waals surface area contributed by atoms with Gasteiger partial charge in [-0.3, -0.25) is 14.6 Å². The molecule has 0 spiro atoms. The van der Waals surface area contributed by atoms with Gasteiger partial charge in [0.15, 0.2) is 0 Å². The molecule has 0 fully saturated rings. The second kappa shape index (κ2) is 13.1. The van der Waals surface area contributed by atoms with Crippen LogP contribution in [0.1, 0.15) is 46.6 Å². The predicted molar refractivity (Wildman–Crippen MR) is 138 cm³/mol. The van der Waals surface area contributed by atoms with Crippen molar-refractivity contribution in [2.24, 2.45) is 11.7 Å². The number of ether oxygens (including phenoxy) is 1. The molecule has 0 saturated carbocycles. The Morgan fingerprint density at radius 1 is 1.14 bits per heavy atom. The van der Waals surface area contributed by atoms with Crippen molar-refractivity contribution in [3.8, 4) is 11.3 Å². The summed E-state index contributed by atoms with van der Waals surface area (Å²) < 4.78 is 5.34. The molecule has 0 radical (unpaired) electrons. The minimum absolute atomic E-state index is 0.0986. The summed E-state index contributed by atoms with van der Waals surface area (Å²) in [6.07, 6.45) is 0.0982. The van der Waals surface area contributed by atoms with Crippen molar-refractivity contribution in [3.63, 3.8) is 0 Å². The van der Waals surface area contributed by atoms with E-state index in [0.717, 1.165) is 21.7 Å². The van der Waals surface area contributed by atoms with Crippen molar-refractivity contribution in [1.29, 1.82) is 0 Å². The summed E-state index contributed by atoms with van der Waals surface area (Å²) in [7, 11) is 0. The summed E-state index contributed by atoms with van der Waals surface area (Å²) in [6.45, 7) is 8.38. The minimum atomic E-state index is -1.20. The zero-order valence-electron chi connectivity index (χ0n) is 21.7. The molecular formula is C27H38N4O5. The first-order valence-corrected chi connectivity index (χ1v) is 12.1. The van der Waals surface area contributed by atoms with Gasteiger partial charge in [-0.15, -0.1) is 0 Å². The van der Waals surface area contributed by atoms with Gasteiger partial charge in [0.25, 0.3) is 0 Å². The molecule has 196 valence electrons. The van der Waals surface area contributed by atoms with Crippen LogP contribution in [-0.4, -0.2) is 63.7 Å². The van der Waals surface area contributed by atoms with Crippen molar-refractivity contribution in [3.05, 3.63) is 54.2 Å². The number of hydrogen-bond donors (Lipinski definition) is 3. The molecule has 1 unspecified atom stereocenters. The highest BCUT2D eigenvalue weighted by atomic mass is 16.6. The second-order valence-electron chi connectivity index (χ2n) is 10.2. The van der Waals surface area contributed by atoms with E-state index in [9.17, 15) is 19.5 Å². The third-order valence-electron chi connectivity index (χ3n) is 5.10. The van der Waals surface area contributed by atoms with Gasteiger partial charge in [0.1, 0.15) is 5.60 Å². The van der Waals surface area contributed by atoms with Crippen LogP contribution in [0.4, 0.5) is 4.79 Å². The van der Waals surface area contributed by atoms with E-state index in [1.54, 1.807) is 27.0 Å². The summed E-state index contributed by atoms with van der Waals surface area (Å²) in [5, 5.41) is 13.2. The number of aromatic nitrogens is 1. The number of benzene rings is 1. The first kappa shape index (κ1) is 28.9. The van der Waals surface area contributed by atoms with Gasteiger partial charge in [0.2, 0.25) is 11.8 Å². The van der Waals surface area contributed by atoms with E-state index < -0.39 is 29.7 Å². The lowest BCUT2D eigenvalue weighted by Gasteiger charge is -2.29. The molecule has 2 atom stereocenters. The largest absolute Gasteiger partial charge is 0.443 e. The van der Waals surface area contributed by atoms with Gasteiger partial charge in [0, 0.05) is 18.3 Å². The molecule has 3 amide bonds. The highest BCUT2D eigenvalue weighted by Gasteiger charge is 2.32. The van der Waals surface area contributed by atoms with Crippen LogP contribution in [0, 0.1) is 5.92 Å². The molecule has 2 rings (SSSR count). The van der Waals surface area contributed by atoms with Crippen molar-refractivity contribution < 1.29 is 24.2 Å². The quantitative estimate of drug-likeness (QED) is 0.458. The first-order valence-electron chi connectivity index (χ1n) is 12.1. The maximum Gasteiger partial charge on any atom is 0.417 e. The fraction of sp³-hybridized carbons (Fsp3) is 0.481. The summed E-state index contributed by atoms with van der Waals surface area (Å²) in [6, 6.07) is 12.2. The van der Waals surface area contributed by atoms with Crippen LogP contribution >= 0.6 is 0 Å². The highest BCUT2D eigenvalue weighted by molar-refractivity contribution is 5.95. The molecule has 0 aliphatic rings. The fourth-order valence-electron chi connectivity index (χ4n) is 3.51. The van der Waals surface area contributed by atoms with E-state index in [1.165, 1.54) is 0 Å². The van der Waals surface area contributed by atoms with Crippen LogP contribution in [0.15, 0.2) is 48.7 Å². The molecule has 0 aliphatic carbocycles. The Balaban J connectivity index is 1.98. The molecule has 0 saturated heterocycles. The number of nitrogens with zero attached hydrogens (tertiary/aromatic N) is 2. The predicted octanol–water partition coefficient (Wildman–Crippen LogP) is 2.91. The van der Waals surface area contributed by atoms with Crippen LogP contribution in [-0.2, 0) is 20.7 Å². The maximum absolute atomic E-state index is 12.9. The Bertz CT molecular complexity index is 1020. The third-order valence-corrected chi connectivity index (χ3v) is 5.10. The molecule has 4 N–H and O–H groups in total. The van der Waals surface area contributed by atoms with Crippen molar-refractivity contribution in [2.75, 3.05) is 13.1 Å². The number of amides is 3. The third kappa shape index (κ3) is 9.75. The first-order chi connectivity index (χ1) is 16.9. The normalized spacial score (nSPS) is 13.1. The van der Waals surface area contributed by atoms with Gasteiger partial charge in [-0.2, -0.15) is 0 Å². The maximum atomic E-state index is 12.9.